The van der Waals surface area contributed by atoms with Crippen LogP contribution in [0.1, 0.15) is 19.8 Å². The van der Waals surface area contributed by atoms with Gasteiger partial charge in [-0.05, 0) is 37.0 Å². The van der Waals surface area contributed by atoms with E-state index in [1.54, 1.807) is 6.20 Å². The maximum absolute atomic E-state index is 13.7. The Kier molecular flexibility index (Phi) is 4.18. The summed E-state index contributed by atoms with van der Waals surface area (Å²) in [5.74, 6) is 0.367. The van der Waals surface area contributed by atoms with Crippen molar-refractivity contribution in [3.8, 4) is 0 Å². The minimum Gasteiger partial charge on any atom is -0.356 e. The van der Waals surface area contributed by atoms with Crippen LogP contribution in [0.2, 0.25) is 0 Å². The van der Waals surface area contributed by atoms with Crippen molar-refractivity contribution in [2.75, 3.05) is 23.3 Å². The first-order valence-corrected chi connectivity index (χ1v) is 7.42. The number of rotatable bonds is 3. The number of benzene rings is 1. The molecule has 0 amide bonds. The minimum atomic E-state index is -0.666. The molecule has 4 nitrogen and oxygen atoms in total. The second-order valence-electron chi connectivity index (χ2n) is 5.63. The van der Waals surface area contributed by atoms with Crippen LogP contribution in [0.15, 0.2) is 30.5 Å². The van der Waals surface area contributed by atoms with Gasteiger partial charge in [-0.15, -0.1) is 0 Å². The van der Waals surface area contributed by atoms with E-state index in [9.17, 15) is 8.78 Å². The smallest absolute Gasteiger partial charge is 0.229 e. The van der Waals surface area contributed by atoms with E-state index < -0.39 is 11.6 Å². The van der Waals surface area contributed by atoms with Crippen molar-refractivity contribution in [3.63, 3.8) is 0 Å². The molecule has 1 saturated heterocycles. The lowest BCUT2D eigenvalue weighted by Gasteiger charge is -2.31. The summed E-state index contributed by atoms with van der Waals surface area (Å²) in [6.07, 6.45) is 3.84. The van der Waals surface area contributed by atoms with Crippen LogP contribution in [0.5, 0.6) is 0 Å². The van der Waals surface area contributed by atoms with Gasteiger partial charge >= 0.3 is 0 Å². The van der Waals surface area contributed by atoms with Gasteiger partial charge in [0.05, 0.1) is 0 Å². The fourth-order valence-electron chi connectivity index (χ4n) is 2.55. The van der Waals surface area contributed by atoms with Crippen LogP contribution in [0, 0.1) is 17.6 Å². The molecule has 3 rings (SSSR count). The fourth-order valence-corrected chi connectivity index (χ4v) is 2.55. The number of hydrogen-bond donors (Lipinski definition) is 1. The van der Waals surface area contributed by atoms with Gasteiger partial charge in [0, 0.05) is 19.3 Å². The zero-order valence-electron chi connectivity index (χ0n) is 12.4. The Morgan fingerprint density at radius 1 is 1.14 bits per heavy atom. The van der Waals surface area contributed by atoms with Gasteiger partial charge < -0.3 is 10.2 Å². The molecule has 0 unspecified atom stereocenters. The van der Waals surface area contributed by atoms with Crippen LogP contribution >= 0.6 is 0 Å². The quantitative estimate of drug-likeness (QED) is 0.938. The SMILES string of the molecule is CC1CCN(c2ccnc(Nc3c(F)cccc3F)n2)CC1. The van der Waals surface area contributed by atoms with E-state index in [2.05, 4.69) is 27.1 Å². The second kappa shape index (κ2) is 6.25. The number of anilines is 3. The Bertz CT molecular complexity index is 634. The topological polar surface area (TPSA) is 41.1 Å². The number of nitrogens with zero attached hydrogens (tertiary/aromatic N) is 3. The van der Waals surface area contributed by atoms with Crippen LogP contribution < -0.4 is 10.2 Å². The largest absolute Gasteiger partial charge is 0.356 e. The van der Waals surface area contributed by atoms with Gasteiger partial charge in [0.25, 0.3) is 0 Å². The summed E-state index contributed by atoms with van der Waals surface area (Å²) in [4.78, 5) is 10.6. The lowest BCUT2D eigenvalue weighted by atomic mass is 9.99. The molecule has 116 valence electrons. The van der Waals surface area contributed by atoms with Crippen molar-refractivity contribution < 1.29 is 8.78 Å². The lowest BCUT2D eigenvalue weighted by molar-refractivity contribution is 0.436. The summed E-state index contributed by atoms with van der Waals surface area (Å²) in [5.41, 5.74) is -0.230. The molecule has 0 atom stereocenters. The first kappa shape index (κ1) is 14.7. The number of halogens is 2. The molecule has 2 heterocycles. The highest BCUT2D eigenvalue weighted by molar-refractivity contribution is 5.56. The molecule has 0 saturated carbocycles. The second-order valence-corrected chi connectivity index (χ2v) is 5.63. The van der Waals surface area contributed by atoms with Crippen molar-refractivity contribution in [2.45, 2.75) is 19.8 Å². The normalized spacial score (nSPS) is 15.9. The third-order valence-corrected chi connectivity index (χ3v) is 3.95. The number of para-hydroxylation sites is 1. The molecule has 1 fully saturated rings. The van der Waals surface area contributed by atoms with Crippen LogP contribution in [-0.2, 0) is 0 Å². The molecule has 6 heteroatoms. The molecule has 1 aromatic carbocycles. The van der Waals surface area contributed by atoms with Gasteiger partial charge in [-0.1, -0.05) is 13.0 Å². The van der Waals surface area contributed by atoms with Crippen molar-refractivity contribution >= 4 is 17.5 Å². The Morgan fingerprint density at radius 3 is 2.50 bits per heavy atom. The molecule has 0 radical (unpaired) electrons. The predicted molar refractivity (Wildman–Crippen MR) is 82.3 cm³/mol. The van der Waals surface area contributed by atoms with Crippen LogP contribution in [0.25, 0.3) is 0 Å². The third-order valence-electron chi connectivity index (χ3n) is 3.95. The van der Waals surface area contributed by atoms with Crippen molar-refractivity contribution in [2.24, 2.45) is 5.92 Å². The van der Waals surface area contributed by atoms with E-state index in [1.807, 2.05) is 6.07 Å². The Hall–Kier alpha value is -2.24. The average molecular weight is 304 g/mol. The molecule has 0 aliphatic carbocycles. The fraction of sp³-hybridized carbons (Fsp3) is 0.375. The van der Waals surface area contributed by atoms with Crippen LogP contribution in [0.4, 0.5) is 26.2 Å². The molecular weight excluding hydrogens is 286 g/mol. The van der Waals surface area contributed by atoms with Crippen molar-refractivity contribution in [3.05, 3.63) is 42.1 Å². The molecular formula is C16H18F2N4. The average Bonchev–Trinajstić information content (AvgIpc) is 2.52. The zero-order chi connectivity index (χ0) is 15.5. The summed E-state index contributed by atoms with van der Waals surface area (Å²) < 4.78 is 27.3. The van der Waals surface area contributed by atoms with Gasteiger partial charge in [0.15, 0.2) is 0 Å². The van der Waals surface area contributed by atoms with Crippen molar-refractivity contribution in [1.29, 1.82) is 0 Å². The third kappa shape index (κ3) is 3.16. The Morgan fingerprint density at radius 2 is 1.82 bits per heavy atom. The lowest BCUT2D eigenvalue weighted by Crippen LogP contribution is -2.33. The number of aromatic nitrogens is 2. The first-order chi connectivity index (χ1) is 10.6. The molecule has 1 N–H and O–H groups in total. The van der Waals surface area contributed by atoms with E-state index in [4.69, 9.17) is 0 Å². The molecule has 2 aromatic rings. The summed E-state index contributed by atoms with van der Waals surface area (Å²) in [7, 11) is 0. The van der Waals surface area contributed by atoms with E-state index in [1.165, 1.54) is 18.2 Å². The molecule has 22 heavy (non-hydrogen) atoms. The molecule has 1 aromatic heterocycles. The van der Waals surface area contributed by atoms with Crippen LogP contribution in [-0.4, -0.2) is 23.1 Å². The molecule has 0 spiro atoms. The van der Waals surface area contributed by atoms with E-state index in [0.29, 0.717) is 0 Å². The molecule has 1 aliphatic heterocycles. The highest BCUT2D eigenvalue weighted by Gasteiger charge is 2.18. The summed E-state index contributed by atoms with van der Waals surface area (Å²) in [6.45, 7) is 4.11. The van der Waals surface area contributed by atoms with E-state index >= 15 is 0 Å². The Balaban J connectivity index is 1.79. The number of nitrogens with one attached hydrogen (secondary N) is 1. The number of hydrogen-bond acceptors (Lipinski definition) is 4. The highest BCUT2D eigenvalue weighted by Crippen LogP contribution is 2.24. The van der Waals surface area contributed by atoms with Gasteiger partial charge in [0.1, 0.15) is 23.1 Å². The summed E-state index contributed by atoms with van der Waals surface area (Å²) in [5, 5.41) is 2.63. The maximum Gasteiger partial charge on any atom is 0.229 e. The van der Waals surface area contributed by atoms with E-state index in [-0.39, 0.29) is 11.6 Å². The zero-order valence-corrected chi connectivity index (χ0v) is 12.4. The standard InChI is InChI=1S/C16H18F2N4/c1-11-6-9-22(10-7-11)14-5-8-19-16(20-14)21-15-12(17)3-2-4-13(15)18/h2-5,8,11H,6-7,9-10H2,1H3,(H,19,20,21). The van der Waals surface area contributed by atoms with Crippen LogP contribution in [0.3, 0.4) is 0 Å². The van der Waals surface area contributed by atoms with Crippen molar-refractivity contribution in [1.82, 2.24) is 9.97 Å². The highest BCUT2D eigenvalue weighted by atomic mass is 19.1. The molecule has 0 bridgehead atoms. The molecule has 1 aliphatic rings. The van der Waals surface area contributed by atoms with Gasteiger partial charge in [-0.3, -0.25) is 0 Å². The minimum absolute atomic E-state index is 0.195. The monoisotopic (exact) mass is 304 g/mol. The maximum atomic E-state index is 13.7. The first-order valence-electron chi connectivity index (χ1n) is 7.42. The summed E-state index contributed by atoms with van der Waals surface area (Å²) in [6, 6.07) is 5.53. The van der Waals surface area contributed by atoms with Gasteiger partial charge in [0.2, 0.25) is 5.95 Å². The summed E-state index contributed by atoms with van der Waals surface area (Å²) >= 11 is 0. The Labute approximate surface area is 128 Å². The van der Waals surface area contributed by atoms with Gasteiger partial charge in [-0.2, -0.15) is 4.98 Å². The number of piperidine rings is 1. The predicted octanol–water partition coefficient (Wildman–Crippen LogP) is 3.73. The van der Waals surface area contributed by atoms with E-state index in [0.717, 1.165) is 37.7 Å². The van der Waals surface area contributed by atoms with Gasteiger partial charge in [-0.25, -0.2) is 13.8 Å².